The van der Waals surface area contributed by atoms with Crippen molar-refractivity contribution in [3.05, 3.63) is 0 Å². The van der Waals surface area contributed by atoms with E-state index in [0.29, 0.717) is 13.2 Å². The van der Waals surface area contributed by atoms with E-state index in [2.05, 4.69) is 17.6 Å². The van der Waals surface area contributed by atoms with Gasteiger partial charge in [-0.1, -0.05) is 32.6 Å². The molecule has 0 bridgehead atoms. The van der Waals surface area contributed by atoms with Crippen molar-refractivity contribution in [2.24, 2.45) is 0 Å². The molecule has 0 aromatic rings. The Morgan fingerprint density at radius 1 is 1.44 bits per heavy atom. The first-order chi connectivity index (χ1) is 7.74. The molecule has 5 nitrogen and oxygen atoms in total. The normalized spacial score (nSPS) is 18.6. The van der Waals surface area contributed by atoms with Gasteiger partial charge in [0, 0.05) is 6.54 Å². The van der Waals surface area contributed by atoms with Gasteiger partial charge in [-0.2, -0.15) is 0 Å². The van der Waals surface area contributed by atoms with Gasteiger partial charge in [-0.3, -0.25) is 4.79 Å². The van der Waals surface area contributed by atoms with E-state index < -0.39 is 12.1 Å². The van der Waals surface area contributed by atoms with Crippen molar-refractivity contribution >= 4 is 12.0 Å². The second-order valence-corrected chi connectivity index (χ2v) is 3.99. The molecule has 1 aliphatic rings. The van der Waals surface area contributed by atoms with Gasteiger partial charge in [-0.25, -0.2) is 4.79 Å². The number of unbranched alkanes of at least 4 members (excludes halogenated alkanes) is 4. The molecule has 2 amide bonds. The quantitative estimate of drug-likeness (QED) is 0.508. The average Bonchev–Trinajstić information content (AvgIpc) is 2.28. The van der Waals surface area contributed by atoms with E-state index in [4.69, 9.17) is 4.74 Å². The lowest BCUT2D eigenvalue weighted by Gasteiger charge is -2.26. The third-order valence-corrected chi connectivity index (χ3v) is 2.57. The highest BCUT2D eigenvalue weighted by Gasteiger charge is 2.29. The average molecular weight is 228 g/mol. The number of nitrogens with one attached hydrogen (secondary N) is 2. The number of amides is 2. The molecule has 0 aliphatic carbocycles. The largest absolute Gasteiger partial charge is 0.450 e. The highest BCUT2D eigenvalue weighted by Crippen LogP contribution is 2.02. The molecule has 1 saturated heterocycles. The Balaban J connectivity index is 1.92. The van der Waals surface area contributed by atoms with Crippen molar-refractivity contribution in [2.75, 3.05) is 13.2 Å². The maximum atomic E-state index is 11.2. The molecule has 16 heavy (non-hydrogen) atoms. The first-order valence-electron chi connectivity index (χ1n) is 5.95. The van der Waals surface area contributed by atoms with Crippen molar-refractivity contribution in [1.29, 1.82) is 0 Å². The van der Waals surface area contributed by atoms with Crippen LogP contribution in [-0.2, 0) is 9.53 Å². The van der Waals surface area contributed by atoms with Gasteiger partial charge in [0.05, 0.1) is 6.61 Å². The van der Waals surface area contributed by atoms with Crippen LogP contribution in [0, 0.1) is 0 Å². The van der Waals surface area contributed by atoms with Gasteiger partial charge in [-0.05, 0) is 6.42 Å². The molecule has 0 aromatic carbocycles. The summed E-state index contributed by atoms with van der Waals surface area (Å²) in [5, 5.41) is 5.04. The minimum absolute atomic E-state index is 0.139. The monoisotopic (exact) mass is 228 g/mol. The first kappa shape index (κ1) is 12.8. The fourth-order valence-electron chi connectivity index (χ4n) is 1.46. The zero-order valence-electron chi connectivity index (χ0n) is 9.75. The van der Waals surface area contributed by atoms with Crippen LogP contribution in [0.25, 0.3) is 0 Å². The van der Waals surface area contributed by atoms with E-state index in [0.717, 1.165) is 12.8 Å². The standard InChI is InChI=1S/C11H20N2O3/c1-2-3-4-5-6-7-16-11(15)13-9-8-12-10(9)14/h9H,2-8H2,1H3,(H,12,14)(H,13,15)/t9-/m0/s1. The maximum absolute atomic E-state index is 11.2. The fourth-order valence-corrected chi connectivity index (χ4v) is 1.46. The lowest BCUT2D eigenvalue weighted by Crippen LogP contribution is -2.61. The van der Waals surface area contributed by atoms with Crippen LogP contribution in [0.15, 0.2) is 0 Å². The third kappa shape index (κ3) is 4.51. The Morgan fingerprint density at radius 3 is 2.75 bits per heavy atom. The van der Waals surface area contributed by atoms with Crippen molar-refractivity contribution in [1.82, 2.24) is 10.6 Å². The van der Waals surface area contributed by atoms with Crippen LogP contribution in [0.3, 0.4) is 0 Å². The number of carbonyl (C=O) groups excluding carboxylic acids is 2. The van der Waals surface area contributed by atoms with E-state index in [1.165, 1.54) is 19.3 Å². The second-order valence-electron chi connectivity index (χ2n) is 3.99. The molecule has 0 spiro atoms. The predicted octanol–water partition coefficient (Wildman–Crippen LogP) is 1.18. The smallest absolute Gasteiger partial charge is 0.407 e. The number of alkyl carbamates (subject to hydrolysis) is 1. The number of carbonyl (C=O) groups is 2. The molecule has 5 heteroatoms. The van der Waals surface area contributed by atoms with Gasteiger partial charge in [0.1, 0.15) is 6.04 Å². The zero-order valence-corrected chi connectivity index (χ0v) is 9.75. The Bertz CT molecular complexity index is 243. The van der Waals surface area contributed by atoms with E-state index in [1.54, 1.807) is 0 Å². The van der Waals surface area contributed by atoms with Crippen LogP contribution in [0.4, 0.5) is 4.79 Å². The van der Waals surface area contributed by atoms with Crippen LogP contribution in [0.1, 0.15) is 39.0 Å². The van der Waals surface area contributed by atoms with E-state index in [-0.39, 0.29) is 5.91 Å². The molecule has 1 aliphatic heterocycles. The Morgan fingerprint density at radius 2 is 2.19 bits per heavy atom. The number of hydrogen-bond donors (Lipinski definition) is 2. The third-order valence-electron chi connectivity index (χ3n) is 2.57. The highest BCUT2D eigenvalue weighted by molar-refractivity contribution is 5.90. The molecule has 0 radical (unpaired) electrons. The summed E-state index contributed by atoms with van der Waals surface area (Å²) < 4.78 is 4.95. The number of hydrogen-bond acceptors (Lipinski definition) is 3. The lowest BCUT2D eigenvalue weighted by atomic mass is 10.2. The van der Waals surface area contributed by atoms with Crippen molar-refractivity contribution in [2.45, 2.75) is 45.1 Å². The number of ether oxygens (including phenoxy) is 1. The first-order valence-corrected chi connectivity index (χ1v) is 5.95. The van der Waals surface area contributed by atoms with Gasteiger partial charge in [-0.15, -0.1) is 0 Å². The molecule has 1 rings (SSSR count). The molecule has 0 saturated carbocycles. The van der Waals surface area contributed by atoms with Crippen LogP contribution in [0.2, 0.25) is 0 Å². The van der Waals surface area contributed by atoms with Crippen LogP contribution < -0.4 is 10.6 Å². The van der Waals surface area contributed by atoms with Crippen molar-refractivity contribution in [3.8, 4) is 0 Å². The fraction of sp³-hybridized carbons (Fsp3) is 0.818. The zero-order chi connectivity index (χ0) is 11.8. The van der Waals surface area contributed by atoms with Crippen LogP contribution in [0.5, 0.6) is 0 Å². The predicted molar refractivity (Wildman–Crippen MR) is 60.0 cm³/mol. The summed E-state index contributed by atoms with van der Waals surface area (Å²) in [7, 11) is 0. The molecule has 2 N–H and O–H groups in total. The summed E-state index contributed by atoms with van der Waals surface area (Å²) in [4.78, 5) is 22.0. The molecule has 0 aromatic heterocycles. The summed E-state index contributed by atoms with van der Waals surface area (Å²) >= 11 is 0. The maximum Gasteiger partial charge on any atom is 0.407 e. The molecular weight excluding hydrogens is 208 g/mol. The van der Waals surface area contributed by atoms with Crippen LogP contribution >= 0.6 is 0 Å². The Kier molecular flexibility index (Phi) is 5.67. The summed E-state index contributed by atoms with van der Waals surface area (Å²) in [6.07, 6.45) is 5.12. The number of β-lactam (4-membered cyclic amide) rings is 1. The molecule has 1 fully saturated rings. The SMILES string of the molecule is CCCCCCCOC(=O)N[C@H]1CNC1=O. The summed E-state index contributed by atoms with van der Waals surface area (Å²) in [6, 6.07) is -0.396. The summed E-state index contributed by atoms with van der Waals surface area (Å²) in [5.74, 6) is -0.139. The van der Waals surface area contributed by atoms with Crippen molar-refractivity contribution in [3.63, 3.8) is 0 Å². The summed E-state index contributed by atoms with van der Waals surface area (Å²) in [6.45, 7) is 3.10. The van der Waals surface area contributed by atoms with E-state index in [1.807, 2.05) is 0 Å². The molecular formula is C11H20N2O3. The second kappa shape index (κ2) is 7.09. The Hall–Kier alpha value is -1.26. The minimum atomic E-state index is -0.490. The number of rotatable bonds is 7. The van der Waals surface area contributed by atoms with Gasteiger partial charge in [0.15, 0.2) is 0 Å². The molecule has 1 heterocycles. The van der Waals surface area contributed by atoms with E-state index in [9.17, 15) is 9.59 Å². The topological polar surface area (TPSA) is 67.4 Å². The van der Waals surface area contributed by atoms with Gasteiger partial charge in [0.2, 0.25) is 5.91 Å². The minimum Gasteiger partial charge on any atom is -0.450 e. The van der Waals surface area contributed by atoms with Gasteiger partial charge < -0.3 is 15.4 Å². The lowest BCUT2D eigenvalue weighted by molar-refractivity contribution is -0.128. The summed E-state index contributed by atoms with van der Waals surface area (Å²) in [5.41, 5.74) is 0. The molecule has 1 atom stereocenters. The molecule has 92 valence electrons. The molecule has 0 unspecified atom stereocenters. The van der Waals surface area contributed by atoms with Crippen molar-refractivity contribution < 1.29 is 14.3 Å². The van der Waals surface area contributed by atoms with Gasteiger partial charge in [0.25, 0.3) is 0 Å². The van der Waals surface area contributed by atoms with E-state index >= 15 is 0 Å². The Labute approximate surface area is 95.9 Å². The van der Waals surface area contributed by atoms with Gasteiger partial charge >= 0.3 is 6.09 Å². The highest BCUT2D eigenvalue weighted by atomic mass is 16.5. The van der Waals surface area contributed by atoms with Crippen LogP contribution in [-0.4, -0.2) is 31.2 Å².